The number of hydrogen-bond donors (Lipinski definition) is 1. The van der Waals surface area contributed by atoms with Gasteiger partial charge in [-0.05, 0) is 35.2 Å². The van der Waals surface area contributed by atoms with E-state index in [9.17, 15) is 4.39 Å². The molecule has 1 heterocycles. The summed E-state index contributed by atoms with van der Waals surface area (Å²) in [4.78, 5) is 2.35. The van der Waals surface area contributed by atoms with Crippen LogP contribution in [-0.4, -0.2) is 10.9 Å². The molecule has 0 saturated carbocycles. The van der Waals surface area contributed by atoms with Crippen LogP contribution in [0.15, 0.2) is 48.5 Å². The van der Waals surface area contributed by atoms with Crippen molar-refractivity contribution >= 4 is 0 Å². The predicted octanol–water partition coefficient (Wildman–Crippen LogP) is 3.62. The van der Waals surface area contributed by atoms with E-state index in [1.807, 2.05) is 6.07 Å². The van der Waals surface area contributed by atoms with Crippen LogP contribution in [0.5, 0.6) is 0 Å². The largest absolute Gasteiger partial charge is 0.326 e. The van der Waals surface area contributed by atoms with Crippen molar-refractivity contribution in [2.24, 2.45) is 5.73 Å². The van der Waals surface area contributed by atoms with Crippen LogP contribution < -0.4 is 5.73 Å². The third kappa shape index (κ3) is 2.85. The molecule has 3 rings (SSSR count). The highest BCUT2D eigenvalue weighted by molar-refractivity contribution is 5.32. The standard InChI is InChI=1S/C18H21FN2/c1-2-17(20)18(13-8-5-9-16(19)10-13)21-11-14-6-3-4-7-15(14)12-21/h3-10,17-18H,2,11-12,20H2,1H3. The van der Waals surface area contributed by atoms with E-state index in [0.717, 1.165) is 25.1 Å². The van der Waals surface area contributed by atoms with Crippen molar-refractivity contribution in [1.82, 2.24) is 4.90 Å². The van der Waals surface area contributed by atoms with E-state index in [1.165, 1.54) is 17.2 Å². The first-order valence-electron chi connectivity index (χ1n) is 7.51. The molecule has 2 nitrogen and oxygen atoms in total. The van der Waals surface area contributed by atoms with Crippen LogP contribution in [-0.2, 0) is 13.1 Å². The fourth-order valence-corrected chi connectivity index (χ4v) is 3.20. The number of rotatable bonds is 4. The van der Waals surface area contributed by atoms with Crippen molar-refractivity contribution in [3.05, 3.63) is 71.0 Å². The summed E-state index contributed by atoms with van der Waals surface area (Å²) in [6.45, 7) is 3.84. The van der Waals surface area contributed by atoms with E-state index in [2.05, 4.69) is 36.1 Å². The maximum absolute atomic E-state index is 13.6. The average molecular weight is 284 g/mol. The number of nitrogens with two attached hydrogens (primary N) is 1. The SMILES string of the molecule is CCC(N)C(c1cccc(F)c1)N1Cc2ccccc2C1. The maximum Gasteiger partial charge on any atom is 0.123 e. The van der Waals surface area contributed by atoms with Gasteiger partial charge in [-0.25, -0.2) is 4.39 Å². The minimum Gasteiger partial charge on any atom is -0.326 e. The lowest BCUT2D eigenvalue weighted by molar-refractivity contribution is 0.170. The molecule has 21 heavy (non-hydrogen) atoms. The summed E-state index contributed by atoms with van der Waals surface area (Å²) >= 11 is 0. The second-order valence-corrected chi connectivity index (χ2v) is 5.75. The molecule has 0 radical (unpaired) electrons. The van der Waals surface area contributed by atoms with E-state index in [-0.39, 0.29) is 17.9 Å². The second kappa shape index (κ2) is 5.96. The Morgan fingerprint density at radius 1 is 1.10 bits per heavy atom. The van der Waals surface area contributed by atoms with E-state index < -0.39 is 0 Å². The third-order valence-corrected chi connectivity index (χ3v) is 4.33. The van der Waals surface area contributed by atoms with Crippen LogP contribution in [0.4, 0.5) is 4.39 Å². The normalized spacial score (nSPS) is 17.5. The summed E-state index contributed by atoms with van der Waals surface area (Å²) < 4.78 is 13.6. The number of nitrogens with zero attached hydrogens (tertiary/aromatic N) is 1. The van der Waals surface area contributed by atoms with Crippen LogP contribution in [0.3, 0.4) is 0 Å². The van der Waals surface area contributed by atoms with Crippen molar-refractivity contribution in [2.75, 3.05) is 0 Å². The molecule has 2 atom stereocenters. The number of halogens is 1. The smallest absolute Gasteiger partial charge is 0.123 e. The van der Waals surface area contributed by atoms with Crippen LogP contribution in [0.1, 0.15) is 36.1 Å². The topological polar surface area (TPSA) is 29.3 Å². The molecule has 0 aromatic heterocycles. The highest BCUT2D eigenvalue weighted by Crippen LogP contribution is 2.33. The molecule has 0 fully saturated rings. The summed E-state index contributed by atoms with van der Waals surface area (Å²) in [5, 5.41) is 0. The Labute approximate surface area is 125 Å². The first-order valence-corrected chi connectivity index (χ1v) is 7.51. The van der Waals surface area contributed by atoms with E-state index >= 15 is 0 Å². The molecule has 1 aliphatic rings. The lowest BCUT2D eigenvalue weighted by Gasteiger charge is -2.32. The van der Waals surface area contributed by atoms with Crippen molar-refractivity contribution in [2.45, 2.75) is 38.5 Å². The molecule has 0 aliphatic carbocycles. The molecule has 2 aromatic carbocycles. The molecule has 0 saturated heterocycles. The Balaban J connectivity index is 1.91. The summed E-state index contributed by atoms with van der Waals surface area (Å²) in [6.07, 6.45) is 0.869. The minimum absolute atomic E-state index is 0.00103. The van der Waals surface area contributed by atoms with E-state index in [0.29, 0.717) is 0 Å². The van der Waals surface area contributed by atoms with Gasteiger partial charge in [-0.15, -0.1) is 0 Å². The third-order valence-electron chi connectivity index (χ3n) is 4.33. The minimum atomic E-state index is -0.197. The summed E-state index contributed by atoms with van der Waals surface area (Å²) in [7, 11) is 0. The Morgan fingerprint density at radius 2 is 1.76 bits per heavy atom. The van der Waals surface area contributed by atoms with E-state index in [4.69, 9.17) is 5.73 Å². The molecule has 2 N–H and O–H groups in total. The average Bonchev–Trinajstić information content (AvgIpc) is 2.90. The zero-order chi connectivity index (χ0) is 14.8. The van der Waals surface area contributed by atoms with Gasteiger partial charge in [0.15, 0.2) is 0 Å². The van der Waals surface area contributed by atoms with Crippen molar-refractivity contribution < 1.29 is 4.39 Å². The molecule has 2 aromatic rings. The van der Waals surface area contributed by atoms with Gasteiger partial charge in [-0.2, -0.15) is 0 Å². The molecular weight excluding hydrogens is 263 g/mol. The van der Waals surface area contributed by atoms with Gasteiger partial charge in [-0.1, -0.05) is 43.3 Å². The van der Waals surface area contributed by atoms with Crippen LogP contribution in [0, 0.1) is 5.82 Å². The summed E-state index contributed by atoms with van der Waals surface area (Å²) in [6, 6.07) is 15.4. The maximum atomic E-state index is 13.6. The predicted molar refractivity (Wildman–Crippen MR) is 83.1 cm³/mol. The second-order valence-electron chi connectivity index (χ2n) is 5.75. The fraction of sp³-hybridized carbons (Fsp3) is 0.333. The Hall–Kier alpha value is -1.71. The highest BCUT2D eigenvalue weighted by atomic mass is 19.1. The molecule has 0 amide bonds. The van der Waals surface area contributed by atoms with Crippen molar-refractivity contribution in [3.8, 4) is 0 Å². The van der Waals surface area contributed by atoms with Crippen LogP contribution in [0.25, 0.3) is 0 Å². The Morgan fingerprint density at radius 3 is 2.33 bits per heavy atom. The van der Waals surface area contributed by atoms with Gasteiger partial charge in [0.05, 0.1) is 6.04 Å². The zero-order valence-corrected chi connectivity index (χ0v) is 12.3. The molecule has 1 aliphatic heterocycles. The van der Waals surface area contributed by atoms with Crippen LogP contribution >= 0.6 is 0 Å². The molecule has 0 spiro atoms. The molecule has 0 bridgehead atoms. The lowest BCUT2D eigenvalue weighted by atomic mass is 9.96. The first kappa shape index (κ1) is 14.2. The van der Waals surface area contributed by atoms with Gasteiger partial charge < -0.3 is 5.73 Å². The first-order chi connectivity index (χ1) is 10.2. The molecule has 3 heteroatoms. The lowest BCUT2D eigenvalue weighted by Crippen LogP contribution is -2.38. The quantitative estimate of drug-likeness (QED) is 0.929. The fourth-order valence-electron chi connectivity index (χ4n) is 3.20. The zero-order valence-electron chi connectivity index (χ0n) is 12.3. The number of fused-ring (bicyclic) bond motifs is 1. The van der Waals surface area contributed by atoms with Crippen molar-refractivity contribution in [3.63, 3.8) is 0 Å². The molecular formula is C18H21FN2. The van der Waals surface area contributed by atoms with E-state index in [1.54, 1.807) is 12.1 Å². The van der Waals surface area contributed by atoms with Gasteiger partial charge >= 0.3 is 0 Å². The van der Waals surface area contributed by atoms with Gasteiger partial charge in [0.1, 0.15) is 5.82 Å². The van der Waals surface area contributed by atoms with Gasteiger partial charge in [0.2, 0.25) is 0 Å². The summed E-state index contributed by atoms with van der Waals surface area (Å²) in [5.74, 6) is -0.197. The highest BCUT2D eigenvalue weighted by Gasteiger charge is 2.30. The van der Waals surface area contributed by atoms with Gasteiger partial charge in [0, 0.05) is 19.1 Å². The number of benzene rings is 2. The molecule has 2 unspecified atom stereocenters. The van der Waals surface area contributed by atoms with Gasteiger partial charge in [-0.3, -0.25) is 4.90 Å². The summed E-state index contributed by atoms with van der Waals surface area (Å²) in [5.41, 5.74) is 10.0. The Kier molecular flexibility index (Phi) is 4.04. The van der Waals surface area contributed by atoms with Crippen molar-refractivity contribution in [1.29, 1.82) is 0 Å². The Bertz CT molecular complexity index is 601. The van der Waals surface area contributed by atoms with Gasteiger partial charge in [0.25, 0.3) is 0 Å². The van der Waals surface area contributed by atoms with Crippen LogP contribution in [0.2, 0.25) is 0 Å². The molecule has 110 valence electrons. The number of hydrogen-bond acceptors (Lipinski definition) is 2. The monoisotopic (exact) mass is 284 g/mol.